The van der Waals surface area contributed by atoms with Gasteiger partial charge in [0.05, 0.1) is 6.04 Å². The molecule has 2 rings (SSSR count). The van der Waals surface area contributed by atoms with Crippen LogP contribution in [0.1, 0.15) is 18.4 Å². The molecule has 0 aromatic heterocycles. The summed E-state index contributed by atoms with van der Waals surface area (Å²) in [7, 11) is 1.58. The van der Waals surface area contributed by atoms with Gasteiger partial charge in [-0.3, -0.25) is 9.59 Å². The molecule has 0 unspecified atom stereocenters. The predicted octanol–water partition coefficient (Wildman–Crippen LogP) is 0.212. The lowest BCUT2D eigenvalue weighted by Crippen LogP contribution is -2.51. The van der Waals surface area contributed by atoms with Gasteiger partial charge < -0.3 is 16.0 Å². The van der Waals surface area contributed by atoms with Crippen LogP contribution in [0, 0.1) is 0 Å². The predicted molar refractivity (Wildman–Crippen MR) is 77.2 cm³/mol. The van der Waals surface area contributed by atoms with Gasteiger partial charge >= 0.3 is 0 Å². The van der Waals surface area contributed by atoms with Crippen LogP contribution in [-0.4, -0.2) is 37.5 Å². The number of hydrogen-bond donors (Lipinski definition) is 3. The van der Waals surface area contributed by atoms with E-state index in [0.29, 0.717) is 6.42 Å². The van der Waals surface area contributed by atoms with Crippen molar-refractivity contribution in [3.63, 3.8) is 0 Å². The molecule has 1 aromatic carbocycles. The Morgan fingerprint density at radius 1 is 1.35 bits per heavy atom. The third-order valence-electron chi connectivity index (χ3n) is 3.54. The summed E-state index contributed by atoms with van der Waals surface area (Å²) < 4.78 is 0. The van der Waals surface area contributed by atoms with E-state index in [-0.39, 0.29) is 17.9 Å². The van der Waals surface area contributed by atoms with Crippen LogP contribution in [0.4, 0.5) is 0 Å². The highest BCUT2D eigenvalue weighted by atomic mass is 16.2. The Kier molecular flexibility index (Phi) is 5.12. The average molecular weight is 275 g/mol. The second kappa shape index (κ2) is 7.05. The van der Waals surface area contributed by atoms with Gasteiger partial charge in [0.2, 0.25) is 11.8 Å². The van der Waals surface area contributed by atoms with Gasteiger partial charge in [-0.2, -0.15) is 0 Å². The molecule has 1 aliphatic heterocycles. The van der Waals surface area contributed by atoms with E-state index in [4.69, 9.17) is 0 Å². The minimum atomic E-state index is -0.530. The number of rotatable bonds is 5. The molecule has 5 heteroatoms. The molecule has 0 aliphatic carbocycles. The van der Waals surface area contributed by atoms with Crippen molar-refractivity contribution >= 4 is 11.8 Å². The summed E-state index contributed by atoms with van der Waals surface area (Å²) in [5.41, 5.74) is 1.03. The zero-order valence-corrected chi connectivity index (χ0v) is 11.7. The summed E-state index contributed by atoms with van der Waals surface area (Å²) >= 11 is 0. The maximum Gasteiger partial charge on any atom is 0.242 e. The van der Waals surface area contributed by atoms with Crippen molar-refractivity contribution in [3.05, 3.63) is 35.9 Å². The molecule has 1 aromatic rings. The second-order valence-electron chi connectivity index (χ2n) is 5.01. The number of nitrogens with one attached hydrogen (secondary N) is 3. The SMILES string of the molecule is CNC(=O)[C@H](Cc1ccccc1)NC(=O)[C@@H]1CCCN1. The summed E-state index contributed by atoms with van der Waals surface area (Å²) in [6.45, 7) is 0.863. The first-order valence-electron chi connectivity index (χ1n) is 7.00. The fraction of sp³-hybridized carbons (Fsp3) is 0.467. The molecule has 2 amide bonds. The monoisotopic (exact) mass is 275 g/mol. The molecule has 1 heterocycles. The summed E-state index contributed by atoms with van der Waals surface area (Å²) in [6.07, 6.45) is 2.33. The third kappa shape index (κ3) is 3.81. The van der Waals surface area contributed by atoms with Crippen molar-refractivity contribution in [2.24, 2.45) is 0 Å². The molecule has 0 radical (unpaired) electrons. The molecule has 108 valence electrons. The van der Waals surface area contributed by atoms with E-state index in [1.54, 1.807) is 7.05 Å². The van der Waals surface area contributed by atoms with E-state index in [9.17, 15) is 9.59 Å². The van der Waals surface area contributed by atoms with E-state index >= 15 is 0 Å². The van der Waals surface area contributed by atoms with Gasteiger partial charge in [0, 0.05) is 13.5 Å². The smallest absolute Gasteiger partial charge is 0.242 e. The Hall–Kier alpha value is -1.88. The largest absolute Gasteiger partial charge is 0.357 e. The summed E-state index contributed by atoms with van der Waals surface area (Å²) in [6, 6.07) is 8.99. The Morgan fingerprint density at radius 2 is 2.10 bits per heavy atom. The third-order valence-corrected chi connectivity index (χ3v) is 3.54. The van der Waals surface area contributed by atoms with Crippen molar-refractivity contribution < 1.29 is 9.59 Å². The normalized spacial score (nSPS) is 19.4. The molecule has 1 aliphatic rings. The molecular formula is C15H21N3O2. The Morgan fingerprint density at radius 3 is 2.70 bits per heavy atom. The van der Waals surface area contributed by atoms with Gasteiger partial charge in [-0.1, -0.05) is 30.3 Å². The maximum absolute atomic E-state index is 12.1. The van der Waals surface area contributed by atoms with Gasteiger partial charge in [0.1, 0.15) is 6.04 Å². The first kappa shape index (κ1) is 14.5. The van der Waals surface area contributed by atoms with Gasteiger partial charge in [-0.25, -0.2) is 0 Å². The lowest BCUT2D eigenvalue weighted by atomic mass is 10.0. The van der Waals surface area contributed by atoms with Crippen LogP contribution >= 0.6 is 0 Å². The molecular weight excluding hydrogens is 254 g/mol. The molecule has 0 bridgehead atoms. The molecule has 2 atom stereocenters. The molecule has 5 nitrogen and oxygen atoms in total. The molecule has 3 N–H and O–H groups in total. The standard InChI is InChI=1S/C15H21N3O2/c1-16-14(19)13(10-11-6-3-2-4-7-11)18-15(20)12-8-5-9-17-12/h2-4,6-7,12-13,17H,5,8-10H2,1H3,(H,16,19)(H,18,20)/t12-,13-/m0/s1. The van der Waals surface area contributed by atoms with Crippen LogP contribution in [0.3, 0.4) is 0 Å². The Bertz CT molecular complexity index is 455. The number of hydrogen-bond acceptors (Lipinski definition) is 3. The number of amides is 2. The van der Waals surface area contributed by atoms with E-state index in [1.807, 2.05) is 30.3 Å². The second-order valence-corrected chi connectivity index (χ2v) is 5.01. The first-order valence-corrected chi connectivity index (χ1v) is 7.00. The summed E-state index contributed by atoms with van der Waals surface area (Å²) in [4.78, 5) is 24.0. The molecule has 0 saturated carbocycles. The Balaban J connectivity index is 2.00. The van der Waals surface area contributed by atoms with Crippen molar-refractivity contribution in [2.45, 2.75) is 31.3 Å². The van der Waals surface area contributed by atoms with Crippen LogP contribution in [-0.2, 0) is 16.0 Å². The highest BCUT2D eigenvalue weighted by Crippen LogP contribution is 2.07. The van der Waals surface area contributed by atoms with Gasteiger partial charge in [-0.15, -0.1) is 0 Å². The lowest BCUT2D eigenvalue weighted by molar-refractivity contribution is -0.129. The van der Waals surface area contributed by atoms with Gasteiger partial charge in [0.15, 0.2) is 0 Å². The molecule has 1 fully saturated rings. The average Bonchev–Trinajstić information content (AvgIpc) is 3.01. The number of carbonyl (C=O) groups is 2. The van der Waals surface area contributed by atoms with E-state index in [1.165, 1.54) is 0 Å². The van der Waals surface area contributed by atoms with E-state index in [2.05, 4.69) is 16.0 Å². The number of benzene rings is 1. The highest BCUT2D eigenvalue weighted by Gasteiger charge is 2.26. The minimum absolute atomic E-state index is 0.0907. The maximum atomic E-state index is 12.1. The first-order chi connectivity index (χ1) is 9.70. The minimum Gasteiger partial charge on any atom is -0.357 e. The number of carbonyl (C=O) groups excluding carboxylic acids is 2. The number of likely N-dealkylation sites (N-methyl/N-ethyl adjacent to an activating group) is 1. The molecule has 1 saturated heterocycles. The van der Waals surface area contributed by atoms with Crippen molar-refractivity contribution in [1.82, 2.24) is 16.0 Å². The van der Waals surface area contributed by atoms with Crippen LogP contribution in [0.15, 0.2) is 30.3 Å². The van der Waals surface area contributed by atoms with Gasteiger partial charge in [-0.05, 0) is 24.9 Å². The van der Waals surface area contributed by atoms with Crippen molar-refractivity contribution in [2.75, 3.05) is 13.6 Å². The topological polar surface area (TPSA) is 70.2 Å². The van der Waals surface area contributed by atoms with E-state index < -0.39 is 6.04 Å². The van der Waals surface area contributed by atoms with Gasteiger partial charge in [0.25, 0.3) is 0 Å². The Labute approximate surface area is 119 Å². The van der Waals surface area contributed by atoms with Crippen molar-refractivity contribution in [3.8, 4) is 0 Å². The lowest BCUT2D eigenvalue weighted by Gasteiger charge is -2.19. The quantitative estimate of drug-likeness (QED) is 0.719. The van der Waals surface area contributed by atoms with Crippen LogP contribution in [0.25, 0.3) is 0 Å². The molecule has 20 heavy (non-hydrogen) atoms. The van der Waals surface area contributed by atoms with Crippen molar-refractivity contribution in [1.29, 1.82) is 0 Å². The summed E-state index contributed by atoms with van der Waals surface area (Å²) in [5.74, 6) is -0.257. The van der Waals surface area contributed by atoms with E-state index in [0.717, 1.165) is 24.9 Å². The summed E-state index contributed by atoms with van der Waals surface area (Å²) in [5, 5.41) is 8.59. The highest BCUT2D eigenvalue weighted by molar-refractivity contribution is 5.90. The fourth-order valence-electron chi connectivity index (χ4n) is 2.41. The zero-order valence-electron chi connectivity index (χ0n) is 11.7. The van der Waals surface area contributed by atoms with Crippen LogP contribution < -0.4 is 16.0 Å². The fourth-order valence-corrected chi connectivity index (χ4v) is 2.41. The van der Waals surface area contributed by atoms with Crippen LogP contribution in [0.5, 0.6) is 0 Å². The zero-order chi connectivity index (χ0) is 14.4. The molecule has 0 spiro atoms. The van der Waals surface area contributed by atoms with Crippen LogP contribution in [0.2, 0.25) is 0 Å².